The summed E-state index contributed by atoms with van der Waals surface area (Å²) in [6.07, 6.45) is 6.18. The van der Waals surface area contributed by atoms with E-state index in [9.17, 15) is 4.39 Å². The fraction of sp³-hybridized carbons (Fsp3) is 0.538. The van der Waals surface area contributed by atoms with E-state index in [-0.39, 0.29) is 23.9 Å². The second-order valence-corrected chi connectivity index (χ2v) is 9.91. The standard InChI is InChI=1S/C26H34FN7O2/c1-4-24-31-26(36-32-24)33-9-7-18(8-10-33)17(3)35-19-12-29-25(30-13-19)34-14-21(23(28)15-34)20-11-16(2)5-6-22(20)27/h5-6,11-13,17-18,21,23H,4,7-10,14-15,28H2,1-3H3. The second kappa shape index (κ2) is 10.4. The lowest BCUT2D eigenvalue weighted by Crippen LogP contribution is -2.38. The van der Waals surface area contributed by atoms with E-state index in [0.717, 1.165) is 43.7 Å². The molecule has 0 saturated carbocycles. The van der Waals surface area contributed by atoms with Crippen molar-refractivity contribution in [2.75, 3.05) is 36.0 Å². The molecule has 192 valence electrons. The molecule has 0 bridgehead atoms. The summed E-state index contributed by atoms with van der Waals surface area (Å²) in [6.45, 7) is 8.94. The Hall–Kier alpha value is -3.27. The van der Waals surface area contributed by atoms with Crippen LogP contribution in [0.5, 0.6) is 5.75 Å². The van der Waals surface area contributed by atoms with Gasteiger partial charge in [-0.05, 0) is 44.2 Å². The summed E-state index contributed by atoms with van der Waals surface area (Å²) in [5.41, 5.74) is 8.07. The van der Waals surface area contributed by atoms with E-state index in [1.807, 2.05) is 24.8 Å². The number of anilines is 2. The summed E-state index contributed by atoms with van der Waals surface area (Å²) >= 11 is 0. The molecule has 2 saturated heterocycles. The van der Waals surface area contributed by atoms with Crippen molar-refractivity contribution in [3.05, 3.63) is 53.4 Å². The molecule has 0 spiro atoms. The zero-order valence-electron chi connectivity index (χ0n) is 21.1. The first kappa shape index (κ1) is 24.4. The van der Waals surface area contributed by atoms with Gasteiger partial charge in [-0.1, -0.05) is 29.8 Å². The highest BCUT2D eigenvalue weighted by molar-refractivity contribution is 5.39. The van der Waals surface area contributed by atoms with Crippen LogP contribution in [-0.2, 0) is 6.42 Å². The van der Waals surface area contributed by atoms with Crippen LogP contribution in [-0.4, -0.2) is 58.4 Å². The van der Waals surface area contributed by atoms with Gasteiger partial charge in [0.1, 0.15) is 5.82 Å². The maximum Gasteiger partial charge on any atom is 0.324 e. The number of aromatic nitrogens is 4. The highest BCUT2D eigenvalue weighted by Gasteiger charge is 2.34. The maximum atomic E-state index is 14.4. The van der Waals surface area contributed by atoms with Gasteiger partial charge in [0.15, 0.2) is 11.6 Å². The Labute approximate surface area is 210 Å². The van der Waals surface area contributed by atoms with Gasteiger partial charge < -0.3 is 24.8 Å². The lowest BCUT2D eigenvalue weighted by molar-refractivity contribution is 0.131. The Morgan fingerprint density at radius 1 is 1.17 bits per heavy atom. The topological polar surface area (TPSA) is 106 Å². The van der Waals surface area contributed by atoms with Crippen LogP contribution < -0.4 is 20.3 Å². The van der Waals surface area contributed by atoms with Gasteiger partial charge >= 0.3 is 6.01 Å². The lowest BCUT2D eigenvalue weighted by Gasteiger charge is -2.33. The second-order valence-electron chi connectivity index (χ2n) is 9.91. The number of rotatable bonds is 7. The van der Waals surface area contributed by atoms with E-state index in [1.165, 1.54) is 6.07 Å². The zero-order chi connectivity index (χ0) is 25.2. The average molecular weight is 496 g/mol. The van der Waals surface area contributed by atoms with Gasteiger partial charge in [0, 0.05) is 44.6 Å². The molecular formula is C26H34FN7O2. The first-order valence-electron chi connectivity index (χ1n) is 12.7. The van der Waals surface area contributed by atoms with Gasteiger partial charge in [-0.2, -0.15) is 4.98 Å². The van der Waals surface area contributed by atoms with Crippen molar-refractivity contribution in [2.24, 2.45) is 11.7 Å². The summed E-state index contributed by atoms with van der Waals surface area (Å²) in [4.78, 5) is 17.7. The molecule has 2 N–H and O–H groups in total. The van der Waals surface area contributed by atoms with E-state index in [4.69, 9.17) is 15.0 Å². The van der Waals surface area contributed by atoms with Gasteiger partial charge in [0.2, 0.25) is 5.95 Å². The van der Waals surface area contributed by atoms with Crippen molar-refractivity contribution in [2.45, 2.75) is 58.1 Å². The molecule has 0 radical (unpaired) electrons. The third-order valence-corrected chi connectivity index (χ3v) is 7.38. The summed E-state index contributed by atoms with van der Waals surface area (Å²) in [6, 6.07) is 5.60. The molecule has 3 atom stereocenters. The molecule has 3 unspecified atom stereocenters. The molecule has 2 aliphatic rings. The van der Waals surface area contributed by atoms with Crippen molar-refractivity contribution in [3.8, 4) is 5.75 Å². The Balaban J connectivity index is 1.15. The van der Waals surface area contributed by atoms with Gasteiger partial charge in [0.05, 0.1) is 18.5 Å². The number of nitrogens with two attached hydrogens (primary N) is 1. The van der Waals surface area contributed by atoms with Crippen molar-refractivity contribution >= 4 is 12.0 Å². The first-order valence-corrected chi connectivity index (χ1v) is 12.7. The molecule has 9 nitrogen and oxygen atoms in total. The normalized spacial score (nSPS) is 21.7. The largest absolute Gasteiger partial charge is 0.487 e. The predicted molar refractivity (Wildman–Crippen MR) is 135 cm³/mol. The van der Waals surface area contributed by atoms with Gasteiger partial charge in [-0.15, -0.1) is 0 Å². The maximum absolute atomic E-state index is 14.4. The molecular weight excluding hydrogens is 461 g/mol. The third kappa shape index (κ3) is 5.13. The molecule has 0 amide bonds. The van der Waals surface area contributed by atoms with Crippen LogP contribution in [0.4, 0.5) is 16.4 Å². The monoisotopic (exact) mass is 495 g/mol. The van der Waals surface area contributed by atoms with Crippen LogP contribution in [0.15, 0.2) is 35.1 Å². The number of hydrogen-bond acceptors (Lipinski definition) is 9. The minimum Gasteiger partial charge on any atom is -0.487 e. The smallest absolute Gasteiger partial charge is 0.324 e. The van der Waals surface area contributed by atoms with Crippen molar-refractivity contribution in [1.29, 1.82) is 0 Å². The van der Waals surface area contributed by atoms with Crippen LogP contribution in [0, 0.1) is 18.7 Å². The predicted octanol–water partition coefficient (Wildman–Crippen LogP) is 3.48. The molecule has 0 aliphatic carbocycles. The van der Waals surface area contributed by atoms with E-state index in [1.54, 1.807) is 18.5 Å². The number of aryl methyl sites for hydroxylation is 2. The molecule has 5 rings (SSSR count). The van der Waals surface area contributed by atoms with Crippen LogP contribution in [0.2, 0.25) is 0 Å². The highest BCUT2D eigenvalue weighted by atomic mass is 19.1. The summed E-state index contributed by atoms with van der Waals surface area (Å²) in [5, 5.41) is 3.99. The third-order valence-electron chi connectivity index (χ3n) is 7.38. The average Bonchev–Trinajstić information content (AvgIpc) is 3.53. The molecule has 36 heavy (non-hydrogen) atoms. The number of piperidine rings is 1. The quantitative estimate of drug-likeness (QED) is 0.527. The van der Waals surface area contributed by atoms with E-state index in [0.29, 0.717) is 42.3 Å². The van der Waals surface area contributed by atoms with Crippen LogP contribution >= 0.6 is 0 Å². The molecule has 3 aromatic rings. The Morgan fingerprint density at radius 2 is 1.92 bits per heavy atom. The van der Waals surface area contributed by atoms with Crippen molar-refractivity contribution < 1.29 is 13.7 Å². The SMILES string of the molecule is CCc1noc(N2CCC(C(C)Oc3cnc(N4CC(N)C(c5cc(C)ccc5F)C4)nc3)CC2)n1. The summed E-state index contributed by atoms with van der Waals surface area (Å²) < 4.78 is 26.0. The fourth-order valence-corrected chi connectivity index (χ4v) is 5.19. The number of nitrogens with zero attached hydrogens (tertiary/aromatic N) is 6. The lowest BCUT2D eigenvalue weighted by atomic mass is 9.92. The van der Waals surface area contributed by atoms with Crippen LogP contribution in [0.1, 0.15) is 49.6 Å². The van der Waals surface area contributed by atoms with E-state index in [2.05, 4.69) is 31.9 Å². The number of halogens is 1. The first-order chi connectivity index (χ1) is 17.4. The number of benzene rings is 1. The number of ether oxygens (including phenoxy) is 1. The molecule has 4 heterocycles. The minimum atomic E-state index is -0.213. The fourth-order valence-electron chi connectivity index (χ4n) is 5.19. The van der Waals surface area contributed by atoms with Crippen LogP contribution in [0.25, 0.3) is 0 Å². The Morgan fingerprint density at radius 3 is 2.61 bits per heavy atom. The van der Waals surface area contributed by atoms with Gasteiger partial charge in [0.25, 0.3) is 0 Å². The molecule has 2 fully saturated rings. The molecule has 2 aliphatic heterocycles. The van der Waals surface area contributed by atoms with E-state index < -0.39 is 0 Å². The minimum absolute atomic E-state index is 0.0318. The Kier molecular flexibility index (Phi) is 7.04. The summed E-state index contributed by atoms with van der Waals surface area (Å²) in [7, 11) is 0. The van der Waals surface area contributed by atoms with Crippen LogP contribution in [0.3, 0.4) is 0 Å². The molecule has 10 heteroatoms. The summed E-state index contributed by atoms with van der Waals surface area (Å²) in [5.74, 6) is 2.06. The highest BCUT2D eigenvalue weighted by Crippen LogP contribution is 2.31. The van der Waals surface area contributed by atoms with Gasteiger partial charge in [-0.25, -0.2) is 14.4 Å². The van der Waals surface area contributed by atoms with Crippen molar-refractivity contribution in [1.82, 2.24) is 20.1 Å². The molecule has 2 aromatic heterocycles. The van der Waals surface area contributed by atoms with Crippen molar-refractivity contribution in [3.63, 3.8) is 0 Å². The van der Waals surface area contributed by atoms with E-state index >= 15 is 0 Å². The Bertz CT molecular complexity index is 1160. The zero-order valence-corrected chi connectivity index (χ0v) is 21.1. The number of hydrogen-bond donors (Lipinski definition) is 1. The van der Waals surface area contributed by atoms with Gasteiger partial charge in [-0.3, -0.25) is 0 Å². The molecule has 1 aromatic carbocycles.